The molecule has 102 valence electrons. The van der Waals surface area contributed by atoms with E-state index in [2.05, 4.69) is 10.3 Å². The van der Waals surface area contributed by atoms with E-state index in [-0.39, 0.29) is 11.9 Å². The van der Waals surface area contributed by atoms with Crippen molar-refractivity contribution in [3.63, 3.8) is 0 Å². The van der Waals surface area contributed by atoms with E-state index in [1.807, 2.05) is 19.4 Å². The van der Waals surface area contributed by atoms with Crippen LogP contribution in [0.5, 0.6) is 0 Å². The Morgan fingerprint density at radius 1 is 1.47 bits per heavy atom. The number of nitrogens with one attached hydrogen (secondary N) is 1. The lowest BCUT2D eigenvalue weighted by atomic mass is 10.0. The summed E-state index contributed by atoms with van der Waals surface area (Å²) in [4.78, 5) is 5.40. The number of hydrogen-bond acceptors (Lipinski definition) is 3. The van der Waals surface area contributed by atoms with Crippen LogP contribution in [-0.2, 0) is 6.42 Å². The summed E-state index contributed by atoms with van der Waals surface area (Å²) in [6.45, 7) is 4.82. The topological polar surface area (TPSA) is 24.9 Å². The van der Waals surface area contributed by atoms with Crippen molar-refractivity contribution in [2.75, 3.05) is 6.54 Å². The highest BCUT2D eigenvalue weighted by atomic mass is 35.5. The Bertz CT molecular complexity index is 536. The van der Waals surface area contributed by atoms with Crippen LogP contribution in [0, 0.1) is 12.7 Å². The zero-order valence-electron chi connectivity index (χ0n) is 10.9. The molecule has 0 bridgehead atoms. The van der Waals surface area contributed by atoms with Gasteiger partial charge in [-0.3, -0.25) is 0 Å². The number of benzene rings is 1. The van der Waals surface area contributed by atoms with E-state index < -0.39 is 0 Å². The van der Waals surface area contributed by atoms with E-state index in [4.69, 9.17) is 11.6 Å². The third-order valence-electron chi connectivity index (χ3n) is 3.02. The minimum Gasteiger partial charge on any atom is -0.309 e. The second kappa shape index (κ2) is 6.46. The normalized spacial score (nSPS) is 12.6. The van der Waals surface area contributed by atoms with Crippen LogP contribution in [0.3, 0.4) is 0 Å². The maximum atomic E-state index is 13.9. The largest absolute Gasteiger partial charge is 0.309 e. The van der Waals surface area contributed by atoms with Crippen molar-refractivity contribution in [3.05, 3.63) is 50.7 Å². The Hall–Kier alpha value is -0.970. The van der Waals surface area contributed by atoms with Crippen molar-refractivity contribution in [2.45, 2.75) is 26.3 Å². The van der Waals surface area contributed by atoms with Gasteiger partial charge < -0.3 is 5.32 Å². The van der Waals surface area contributed by atoms with Gasteiger partial charge in [0.15, 0.2) is 0 Å². The molecule has 1 aromatic heterocycles. The number of rotatable bonds is 5. The summed E-state index contributed by atoms with van der Waals surface area (Å²) < 4.78 is 13.9. The summed E-state index contributed by atoms with van der Waals surface area (Å²) >= 11 is 7.68. The number of halogens is 2. The summed E-state index contributed by atoms with van der Waals surface area (Å²) in [5, 5.41) is 3.85. The zero-order valence-corrected chi connectivity index (χ0v) is 12.5. The molecule has 2 rings (SSSR count). The predicted octanol–water partition coefficient (Wildman–Crippen LogP) is 4.14. The van der Waals surface area contributed by atoms with Gasteiger partial charge in [-0.05, 0) is 32.0 Å². The second-order valence-corrected chi connectivity index (χ2v) is 5.61. The molecule has 0 spiro atoms. The molecule has 0 aliphatic rings. The van der Waals surface area contributed by atoms with Crippen molar-refractivity contribution < 1.29 is 4.39 Å². The Morgan fingerprint density at radius 3 is 2.84 bits per heavy atom. The van der Waals surface area contributed by atoms with E-state index in [1.165, 1.54) is 6.07 Å². The Kier molecular flexibility index (Phi) is 4.91. The standard InChI is InChI=1S/C14H16ClFN2S/c1-3-17-13(14-9(2)18-8-19-14)7-10-11(15)5-4-6-12(10)16/h4-6,8,13,17H,3,7H2,1-2H3. The van der Waals surface area contributed by atoms with Crippen LogP contribution in [0.25, 0.3) is 0 Å². The van der Waals surface area contributed by atoms with Gasteiger partial charge in [0.05, 0.1) is 11.2 Å². The van der Waals surface area contributed by atoms with Crippen LogP contribution in [0.1, 0.15) is 29.1 Å². The highest BCUT2D eigenvalue weighted by Gasteiger charge is 2.19. The van der Waals surface area contributed by atoms with Crippen molar-refractivity contribution in [2.24, 2.45) is 0 Å². The van der Waals surface area contributed by atoms with E-state index >= 15 is 0 Å². The van der Waals surface area contributed by atoms with Gasteiger partial charge in [0.2, 0.25) is 0 Å². The molecule has 0 saturated heterocycles. The van der Waals surface area contributed by atoms with Gasteiger partial charge in [0.25, 0.3) is 0 Å². The van der Waals surface area contributed by atoms with Crippen molar-refractivity contribution in [1.82, 2.24) is 10.3 Å². The molecule has 0 fully saturated rings. The van der Waals surface area contributed by atoms with Crippen LogP contribution < -0.4 is 5.32 Å². The molecular weight excluding hydrogens is 283 g/mol. The van der Waals surface area contributed by atoms with Crippen LogP contribution in [0.4, 0.5) is 4.39 Å². The van der Waals surface area contributed by atoms with Gasteiger partial charge in [0.1, 0.15) is 5.82 Å². The van der Waals surface area contributed by atoms with Crippen LogP contribution in [-0.4, -0.2) is 11.5 Å². The third-order valence-corrected chi connectivity index (χ3v) is 4.42. The molecule has 1 atom stereocenters. The highest BCUT2D eigenvalue weighted by Crippen LogP contribution is 2.29. The average molecular weight is 299 g/mol. The number of aromatic nitrogens is 1. The second-order valence-electron chi connectivity index (χ2n) is 4.32. The molecule has 0 amide bonds. The van der Waals surface area contributed by atoms with Gasteiger partial charge in [0, 0.05) is 21.5 Å². The van der Waals surface area contributed by atoms with Crippen molar-refractivity contribution in [3.8, 4) is 0 Å². The number of thiazole rings is 1. The summed E-state index contributed by atoms with van der Waals surface area (Å²) in [7, 11) is 0. The predicted molar refractivity (Wildman–Crippen MR) is 78.4 cm³/mol. The summed E-state index contributed by atoms with van der Waals surface area (Å²) in [5.41, 5.74) is 3.36. The van der Waals surface area contributed by atoms with Crippen LogP contribution in [0.15, 0.2) is 23.7 Å². The first-order chi connectivity index (χ1) is 9.13. The molecule has 5 heteroatoms. The SMILES string of the molecule is CCNC(Cc1c(F)cccc1Cl)c1scnc1C. The zero-order chi connectivity index (χ0) is 13.8. The number of nitrogens with zero attached hydrogens (tertiary/aromatic N) is 1. The Morgan fingerprint density at radius 2 is 2.26 bits per heavy atom. The minimum atomic E-state index is -0.252. The maximum Gasteiger partial charge on any atom is 0.127 e. The summed E-state index contributed by atoms with van der Waals surface area (Å²) in [6.07, 6.45) is 0.530. The average Bonchev–Trinajstić information content (AvgIpc) is 2.79. The molecule has 1 N–H and O–H groups in total. The first-order valence-corrected chi connectivity index (χ1v) is 7.45. The smallest absolute Gasteiger partial charge is 0.127 e. The molecule has 1 aromatic carbocycles. The van der Waals surface area contributed by atoms with E-state index in [9.17, 15) is 4.39 Å². The number of likely N-dealkylation sites (N-methyl/N-ethyl adjacent to an activating group) is 1. The lowest BCUT2D eigenvalue weighted by molar-refractivity contribution is 0.532. The van der Waals surface area contributed by atoms with Crippen molar-refractivity contribution in [1.29, 1.82) is 0 Å². The summed E-state index contributed by atoms with van der Waals surface area (Å²) in [5.74, 6) is -0.252. The molecule has 0 aliphatic carbocycles. The van der Waals surface area contributed by atoms with E-state index in [0.29, 0.717) is 17.0 Å². The third kappa shape index (κ3) is 3.32. The first-order valence-electron chi connectivity index (χ1n) is 6.19. The highest BCUT2D eigenvalue weighted by molar-refractivity contribution is 7.09. The molecule has 1 heterocycles. The number of aryl methyl sites for hydroxylation is 1. The molecule has 19 heavy (non-hydrogen) atoms. The van der Waals surface area contributed by atoms with Crippen molar-refractivity contribution >= 4 is 22.9 Å². The Balaban J connectivity index is 2.29. The molecule has 0 aliphatic heterocycles. The molecule has 0 radical (unpaired) electrons. The lowest BCUT2D eigenvalue weighted by Crippen LogP contribution is -2.23. The molecule has 2 aromatic rings. The fourth-order valence-electron chi connectivity index (χ4n) is 2.08. The molecule has 2 nitrogen and oxygen atoms in total. The Labute approximate surface area is 121 Å². The van der Waals surface area contributed by atoms with E-state index in [1.54, 1.807) is 23.5 Å². The summed E-state index contributed by atoms with van der Waals surface area (Å²) in [6, 6.07) is 4.85. The van der Waals surface area contributed by atoms with Crippen LogP contribution in [0.2, 0.25) is 5.02 Å². The first kappa shape index (κ1) is 14.4. The van der Waals surface area contributed by atoms with Gasteiger partial charge in [-0.2, -0.15) is 0 Å². The van der Waals surface area contributed by atoms with Gasteiger partial charge in [-0.1, -0.05) is 24.6 Å². The van der Waals surface area contributed by atoms with Gasteiger partial charge >= 0.3 is 0 Å². The van der Waals surface area contributed by atoms with Gasteiger partial charge in [-0.25, -0.2) is 9.37 Å². The van der Waals surface area contributed by atoms with E-state index in [0.717, 1.165) is 17.1 Å². The quantitative estimate of drug-likeness (QED) is 0.897. The maximum absolute atomic E-state index is 13.9. The van der Waals surface area contributed by atoms with Crippen LogP contribution >= 0.6 is 22.9 Å². The van der Waals surface area contributed by atoms with Gasteiger partial charge in [-0.15, -0.1) is 11.3 Å². The molecule has 1 unspecified atom stereocenters. The fraction of sp³-hybridized carbons (Fsp3) is 0.357. The molecular formula is C14H16ClFN2S. The fourth-order valence-corrected chi connectivity index (χ4v) is 3.20. The number of hydrogen-bond donors (Lipinski definition) is 1. The minimum absolute atomic E-state index is 0.0481. The molecule has 0 saturated carbocycles. The monoisotopic (exact) mass is 298 g/mol. The lowest BCUT2D eigenvalue weighted by Gasteiger charge is -2.18.